The number of benzene rings is 1. The van der Waals surface area contributed by atoms with Crippen molar-refractivity contribution < 1.29 is 4.79 Å². The van der Waals surface area contributed by atoms with Gasteiger partial charge in [-0.05, 0) is 109 Å². The summed E-state index contributed by atoms with van der Waals surface area (Å²) in [6.07, 6.45) is 7.64. The van der Waals surface area contributed by atoms with Gasteiger partial charge in [0.1, 0.15) is 6.29 Å². The highest BCUT2D eigenvalue weighted by molar-refractivity contribution is 9.10. The Bertz CT molecular complexity index is 988. The molecule has 3 heterocycles. The Balaban J connectivity index is 0.000000257. The second kappa shape index (κ2) is 12.5. The molecule has 1 atom stereocenters. The second-order valence-electron chi connectivity index (χ2n) is 9.72. The number of halogens is 2. The largest absolute Gasteiger partial charge is 0.306 e. The molecule has 1 aromatic carbocycles. The first-order chi connectivity index (χ1) is 16.5. The molecule has 184 valence electrons. The van der Waals surface area contributed by atoms with E-state index in [-0.39, 0.29) is 0 Å². The molecule has 2 aromatic rings. The Morgan fingerprint density at radius 3 is 2.47 bits per heavy atom. The zero-order valence-electron chi connectivity index (χ0n) is 20.2. The zero-order chi connectivity index (χ0) is 24.1. The fourth-order valence-electron chi connectivity index (χ4n) is 5.47. The third-order valence-electron chi connectivity index (χ3n) is 7.27. The third kappa shape index (κ3) is 6.52. The summed E-state index contributed by atoms with van der Waals surface area (Å²) in [5, 5.41) is 0. The van der Waals surface area contributed by atoms with Crippen LogP contribution in [0.5, 0.6) is 0 Å². The van der Waals surface area contributed by atoms with Crippen LogP contribution >= 0.6 is 43.6 Å². The number of thioether (sulfide) groups is 1. The van der Waals surface area contributed by atoms with Gasteiger partial charge in [0, 0.05) is 45.7 Å². The van der Waals surface area contributed by atoms with Gasteiger partial charge < -0.3 is 9.69 Å². The average molecular weight is 609 g/mol. The number of carbonyl (C=O) groups excluding carboxylic acids is 1. The van der Waals surface area contributed by atoms with Gasteiger partial charge in [0.2, 0.25) is 0 Å². The molecule has 34 heavy (non-hydrogen) atoms. The minimum atomic E-state index is 0.407. The lowest BCUT2D eigenvalue weighted by Crippen LogP contribution is -2.33. The molecule has 0 N–H and O–H groups in total. The van der Waals surface area contributed by atoms with Crippen LogP contribution < -0.4 is 0 Å². The Labute approximate surface area is 225 Å². The highest BCUT2D eigenvalue weighted by Gasteiger charge is 2.34. The summed E-state index contributed by atoms with van der Waals surface area (Å²) >= 11 is 9.49. The summed E-state index contributed by atoms with van der Waals surface area (Å²) in [4.78, 5) is 19.6. The first-order valence-electron chi connectivity index (χ1n) is 12.3. The van der Waals surface area contributed by atoms with E-state index in [1.165, 1.54) is 69.9 Å². The Hall–Kier alpha value is -0.730. The van der Waals surface area contributed by atoms with E-state index in [1.807, 2.05) is 18.0 Å². The van der Waals surface area contributed by atoms with Gasteiger partial charge in [0.15, 0.2) is 0 Å². The molecule has 5 rings (SSSR count). The van der Waals surface area contributed by atoms with E-state index in [4.69, 9.17) is 4.98 Å². The molecule has 4 nitrogen and oxygen atoms in total. The number of nitrogens with zero attached hydrogens (tertiary/aromatic N) is 3. The summed E-state index contributed by atoms with van der Waals surface area (Å²) in [7, 11) is 2.24. The van der Waals surface area contributed by atoms with Crippen LogP contribution in [-0.4, -0.2) is 72.3 Å². The van der Waals surface area contributed by atoms with Crippen LogP contribution in [0.1, 0.15) is 46.7 Å². The number of fused-ring (bicyclic) bond motifs is 2. The van der Waals surface area contributed by atoms with Gasteiger partial charge in [-0.2, -0.15) is 11.8 Å². The van der Waals surface area contributed by atoms with Crippen molar-refractivity contribution in [3.05, 3.63) is 61.3 Å². The molecular formula is C27H35Br2N3OS. The van der Waals surface area contributed by atoms with Gasteiger partial charge in [-0.15, -0.1) is 0 Å². The number of aromatic nitrogens is 1. The van der Waals surface area contributed by atoms with E-state index >= 15 is 0 Å². The van der Waals surface area contributed by atoms with E-state index in [0.717, 1.165) is 36.7 Å². The number of rotatable bonds is 3. The molecule has 1 aliphatic carbocycles. The van der Waals surface area contributed by atoms with Crippen LogP contribution in [-0.2, 0) is 17.6 Å². The number of hydrogen-bond donors (Lipinski definition) is 0. The Morgan fingerprint density at radius 2 is 1.76 bits per heavy atom. The number of pyridine rings is 1. The molecule has 2 saturated heterocycles. The normalized spacial score (nSPS) is 21.6. The molecule has 7 heteroatoms. The van der Waals surface area contributed by atoms with Crippen molar-refractivity contribution >= 4 is 49.9 Å². The molecule has 0 bridgehead atoms. The first kappa shape index (κ1) is 26.3. The molecule has 2 fully saturated rings. The summed E-state index contributed by atoms with van der Waals surface area (Å²) < 4.78 is 2.36. The fourth-order valence-corrected chi connectivity index (χ4v) is 7.69. The topological polar surface area (TPSA) is 36.4 Å². The van der Waals surface area contributed by atoms with E-state index in [0.29, 0.717) is 18.4 Å². The summed E-state index contributed by atoms with van der Waals surface area (Å²) in [5.74, 6) is 3.45. The van der Waals surface area contributed by atoms with E-state index in [2.05, 4.69) is 73.8 Å². The van der Waals surface area contributed by atoms with Crippen molar-refractivity contribution in [2.75, 3.05) is 51.3 Å². The standard InChI is InChI=1S/C21H24Br2N2.C6H11NOS/c1-13-9-15-3-4-16-11-17(22)12-24-21(16)20(19(15)18(23)10-13)14-5-7-25(2)8-6-14;8-4-1-7-2-5-9-6-3-7/h9-12,14,20H,3-8H2,1-2H3;4H,1-3,5-6H2/t20-;/m1./s1. The number of piperidine rings is 1. The Kier molecular flexibility index (Phi) is 9.67. The highest BCUT2D eigenvalue weighted by Crippen LogP contribution is 2.45. The quantitative estimate of drug-likeness (QED) is 0.417. The molecule has 3 aliphatic rings. The van der Waals surface area contributed by atoms with Crippen molar-refractivity contribution in [3.63, 3.8) is 0 Å². The van der Waals surface area contributed by atoms with Crippen LogP contribution in [0.25, 0.3) is 0 Å². The van der Waals surface area contributed by atoms with Crippen LogP contribution in [0.4, 0.5) is 0 Å². The van der Waals surface area contributed by atoms with E-state index in [9.17, 15) is 4.79 Å². The van der Waals surface area contributed by atoms with Crippen molar-refractivity contribution in [1.29, 1.82) is 0 Å². The lowest BCUT2D eigenvalue weighted by atomic mass is 9.76. The molecule has 0 saturated carbocycles. The number of likely N-dealkylation sites (tertiary alicyclic amines) is 1. The smallest absolute Gasteiger partial charge is 0.133 e. The fraction of sp³-hybridized carbons (Fsp3) is 0.556. The Morgan fingerprint density at radius 1 is 1.06 bits per heavy atom. The molecule has 0 unspecified atom stereocenters. The van der Waals surface area contributed by atoms with Crippen LogP contribution in [0.15, 0.2) is 33.3 Å². The average Bonchev–Trinajstić information content (AvgIpc) is 2.98. The van der Waals surface area contributed by atoms with Crippen molar-refractivity contribution in [3.8, 4) is 0 Å². The molecular weight excluding hydrogens is 574 g/mol. The van der Waals surface area contributed by atoms with E-state index < -0.39 is 0 Å². The minimum Gasteiger partial charge on any atom is -0.306 e. The van der Waals surface area contributed by atoms with Gasteiger partial charge in [-0.25, -0.2) is 0 Å². The van der Waals surface area contributed by atoms with Crippen LogP contribution in [0, 0.1) is 12.8 Å². The summed E-state index contributed by atoms with van der Waals surface area (Å²) in [6, 6.07) is 6.96. The van der Waals surface area contributed by atoms with Gasteiger partial charge in [0.05, 0.1) is 12.2 Å². The monoisotopic (exact) mass is 607 g/mol. The highest BCUT2D eigenvalue weighted by atomic mass is 79.9. The minimum absolute atomic E-state index is 0.407. The SMILES string of the molecule is Cc1cc(Br)c2c(c1)CCc1cc(Br)cnc1[C@@H]2C1CCN(C)CC1.O=CCN1CCSCC1. The van der Waals surface area contributed by atoms with Crippen molar-refractivity contribution in [2.24, 2.45) is 5.92 Å². The lowest BCUT2D eigenvalue weighted by Gasteiger charge is -2.35. The molecule has 2 aliphatic heterocycles. The molecule has 1 aromatic heterocycles. The second-order valence-corrected chi connectivity index (χ2v) is 12.7. The summed E-state index contributed by atoms with van der Waals surface area (Å²) in [5.41, 5.74) is 7.06. The van der Waals surface area contributed by atoms with Gasteiger partial charge in [0.25, 0.3) is 0 Å². The maximum absolute atomic E-state index is 10.0. The molecule has 0 amide bonds. The number of carbonyl (C=O) groups is 1. The van der Waals surface area contributed by atoms with Crippen LogP contribution in [0.2, 0.25) is 0 Å². The predicted octanol–water partition coefficient (Wildman–Crippen LogP) is 5.72. The molecule has 0 radical (unpaired) electrons. The zero-order valence-corrected chi connectivity index (χ0v) is 24.2. The van der Waals surface area contributed by atoms with E-state index in [1.54, 1.807) is 0 Å². The van der Waals surface area contributed by atoms with Crippen molar-refractivity contribution in [1.82, 2.24) is 14.8 Å². The van der Waals surface area contributed by atoms with Gasteiger partial charge in [-0.1, -0.05) is 22.0 Å². The number of aryl methyl sites for hydroxylation is 3. The predicted molar refractivity (Wildman–Crippen MR) is 150 cm³/mol. The van der Waals surface area contributed by atoms with Gasteiger partial charge >= 0.3 is 0 Å². The van der Waals surface area contributed by atoms with Crippen molar-refractivity contribution in [2.45, 2.75) is 38.5 Å². The maximum Gasteiger partial charge on any atom is 0.133 e. The number of hydrogen-bond acceptors (Lipinski definition) is 5. The summed E-state index contributed by atoms with van der Waals surface area (Å²) in [6.45, 7) is 7.37. The molecule has 0 spiro atoms. The van der Waals surface area contributed by atoms with Crippen LogP contribution in [0.3, 0.4) is 0 Å². The number of aldehydes is 1. The maximum atomic E-state index is 10.0. The first-order valence-corrected chi connectivity index (χ1v) is 15.1. The lowest BCUT2D eigenvalue weighted by molar-refractivity contribution is -0.108. The van der Waals surface area contributed by atoms with Gasteiger partial charge in [-0.3, -0.25) is 9.88 Å². The third-order valence-corrected chi connectivity index (χ3v) is 9.30.